The molecule has 4 heteroatoms. The molecule has 0 aliphatic carbocycles. The lowest BCUT2D eigenvalue weighted by Gasteiger charge is -2.10. The summed E-state index contributed by atoms with van der Waals surface area (Å²) in [7, 11) is 0. The molecule has 1 N–H and O–H groups in total. The van der Waals surface area contributed by atoms with Crippen molar-refractivity contribution in [1.29, 1.82) is 0 Å². The maximum atomic E-state index is 13.6. The third kappa shape index (κ3) is 4.26. The summed E-state index contributed by atoms with van der Waals surface area (Å²) in [5.41, 5.74) is 2.68. The first kappa shape index (κ1) is 15.4. The van der Waals surface area contributed by atoms with Gasteiger partial charge in [-0.1, -0.05) is 19.9 Å². The average molecular weight is 288 g/mol. The maximum Gasteiger partial charge on any atom is 0.219 e. The van der Waals surface area contributed by atoms with E-state index in [1.807, 2.05) is 6.07 Å². The highest BCUT2D eigenvalue weighted by atomic mass is 19.1. The highest BCUT2D eigenvalue weighted by molar-refractivity contribution is 5.33. The van der Waals surface area contributed by atoms with Crippen LogP contribution in [0.4, 0.5) is 4.39 Å². The minimum Gasteiger partial charge on any atom is -0.439 e. The van der Waals surface area contributed by atoms with E-state index in [1.54, 1.807) is 19.1 Å². The monoisotopic (exact) mass is 288 g/mol. The Bertz CT molecular complexity index is 614. The Labute approximate surface area is 125 Å². The van der Waals surface area contributed by atoms with Crippen molar-refractivity contribution in [3.8, 4) is 11.6 Å². The number of nitrogens with zero attached hydrogens (tertiary/aromatic N) is 1. The molecule has 112 valence electrons. The molecule has 0 amide bonds. The van der Waals surface area contributed by atoms with Gasteiger partial charge in [0.05, 0.1) is 0 Å². The van der Waals surface area contributed by atoms with Crippen LogP contribution in [0.5, 0.6) is 11.6 Å². The van der Waals surface area contributed by atoms with Crippen molar-refractivity contribution >= 4 is 0 Å². The summed E-state index contributed by atoms with van der Waals surface area (Å²) >= 11 is 0. The Hall–Kier alpha value is -1.94. The van der Waals surface area contributed by atoms with Crippen molar-refractivity contribution in [3.63, 3.8) is 0 Å². The van der Waals surface area contributed by atoms with E-state index in [0.717, 1.165) is 30.8 Å². The lowest BCUT2D eigenvalue weighted by Crippen LogP contribution is -2.12. The molecule has 1 heterocycles. The van der Waals surface area contributed by atoms with Crippen LogP contribution in [0.1, 0.15) is 30.7 Å². The van der Waals surface area contributed by atoms with Gasteiger partial charge in [0.25, 0.3) is 0 Å². The first-order valence-electron chi connectivity index (χ1n) is 7.27. The summed E-state index contributed by atoms with van der Waals surface area (Å²) in [6.07, 6.45) is 0.832. The Balaban J connectivity index is 2.23. The highest BCUT2D eigenvalue weighted by Crippen LogP contribution is 2.23. The number of nitrogens with one attached hydrogen (secondary N) is 1. The Morgan fingerprint density at radius 3 is 2.67 bits per heavy atom. The fraction of sp³-hybridized carbons (Fsp3) is 0.353. The smallest absolute Gasteiger partial charge is 0.219 e. The topological polar surface area (TPSA) is 34.2 Å². The van der Waals surface area contributed by atoms with Crippen LogP contribution in [-0.2, 0) is 13.0 Å². The number of halogens is 1. The fourth-order valence-corrected chi connectivity index (χ4v) is 1.98. The molecule has 21 heavy (non-hydrogen) atoms. The van der Waals surface area contributed by atoms with Gasteiger partial charge >= 0.3 is 0 Å². The lowest BCUT2D eigenvalue weighted by atomic mass is 10.2. The molecule has 0 aliphatic rings. The van der Waals surface area contributed by atoms with E-state index in [4.69, 9.17) is 4.74 Å². The van der Waals surface area contributed by atoms with Gasteiger partial charge in [-0.25, -0.2) is 9.37 Å². The van der Waals surface area contributed by atoms with Gasteiger partial charge in [0, 0.05) is 24.4 Å². The molecule has 0 saturated carbocycles. The summed E-state index contributed by atoms with van der Waals surface area (Å²) in [6.45, 7) is 7.51. The van der Waals surface area contributed by atoms with E-state index in [-0.39, 0.29) is 5.82 Å². The molecule has 0 unspecified atom stereocenters. The minimum atomic E-state index is -0.271. The van der Waals surface area contributed by atoms with Gasteiger partial charge < -0.3 is 10.1 Å². The van der Waals surface area contributed by atoms with Crippen LogP contribution in [0.15, 0.2) is 30.3 Å². The van der Waals surface area contributed by atoms with Gasteiger partial charge in [-0.05, 0) is 43.1 Å². The normalized spacial score (nSPS) is 10.7. The summed E-state index contributed by atoms with van der Waals surface area (Å²) < 4.78 is 19.3. The van der Waals surface area contributed by atoms with E-state index in [1.165, 1.54) is 6.07 Å². The number of hydrogen-bond acceptors (Lipinski definition) is 3. The van der Waals surface area contributed by atoms with Crippen molar-refractivity contribution in [2.24, 2.45) is 0 Å². The van der Waals surface area contributed by atoms with Gasteiger partial charge in [-0.15, -0.1) is 0 Å². The number of aryl methyl sites for hydroxylation is 2. The summed E-state index contributed by atoms with van der Waals surface area (Å²) in [5.74, 6) is 0.700. The predicted octanol–water partition coefficient (Wildman–Crippen LogP) is 3.99. The average Bonchev–Trinajstić information content (AvgIpc) is 2.48. The number of ether oxygens (including phenoxy) is 1. The molecule has 0 radical (unpaired) electrons. The number of rotatable bonds is 6. The standard InChI is InChI=1S/C17H21FN2O/c1-4-14-8-13(11-19-5-2)9-17(20-14)21-15-7-6-12(3)16(18)10-15/h6-10,19H,4-5,11H2,1-3H3. The second kappa shape index (κ2) is 7.18. The third-order valence-electron chi connectivity index (χ3n) is 3.22. The van der Waals surface area contributed by atoms with Gasteiger partial charge in [-0.2, -0.15) is 0 Å². The second-order valence-electron chi connectivity index (χ2n) is 4.95. The summed E-state index contributed by atoms with van der Waals surface area (Å²) in [5, 5.41) is 3.28. The van der Waals surface area contributed by atoms with E-state index in [9.17, 15) is 4.39 Å². The van der Waals surface area contributed by atoms with Gasteiger partial charge in [0.1, 0.15) is 11.6 Å². The number of benzene rings is 1. The minimum absolute atomic E-state index is 0.271. The zero-order chi connectivity index (χ0) is 15.2. The third-order valence-corrected chi connectivity index (χ3v) is 3.22. The molecule has 2 aromatic rings. The lowest BCUT2D eigenvalue weighted by molar-refractivity contribution is 0.454. The number of pyridine rings is 1. The molecule has 0 spiro atoms. The fourth-order valence-electron chi connectivity index (χ4n) is 1.98. The van der Waals surface area contributed by atoms with Crippen molar-refractivity contribution in [3.05, 3.63) is 53.0 Å². The Morgan fingerprint density at radius 1 is 1.19 bits per heavy atom. The molecular weight excluding hydrogens is 267 g/mol. The van der Waals surface area contributed by atoms with Gasteiger partial charge in [-0.3, -0.25) is 0 Å². The second-order valence-corrected chi connectivity index (χ2v) is 4.95. The quantitative estimate of drug-likeness (QED) is 0.872. The van der Waals surface area contributed by atoms with Crippen molar-refractivity contribution in [2.75, 3.05) is 6.54 Å². The van der Waals surface area contributed by atoms with E-state index < -0.39 is 0 Å². The molecule has 2 rings (SSSR count). The largest absolute Gasteiger partial charge is 0.439 e. The van der Waals surface area contributed by atoms with Crippen LogP contribution < -0.4 is 10.1 Å². The van der Waals surface area contributed by atoms with E-state index in [0.29, 0.717) is 17.2 Å². The highest BCUT2D eigenvalue weighted by Gasteiger charge is 2.06. The van der Waals surface area contributed by atoms with E-state index in [2.05, 4.69) is 30.2 Å². The molecule has 3 nitrogen and oxygen atoms in total. The zero-order valence-electron chi connectivity index (χ0n) is 12.7. The van der Waals surface area contributed by atoms with Gasteiger partial charge in [0.15, 0.2) is 0 Å². The molecule has 0 bridgehead atoms. The van der Waals surface area contributed by atoms with Crippen LogP contribution in [0.3, 0.4) is 0 Å². The Morgan fingerprint density at radius 2 is 2.00 bits per heavy atom. The molecule has 1 aromatic heterocycles. The SMILES string of the molecule is CCNCc1cc(CC)nc(Oc2ccc(C)c(F)c2)c1. The van der Waals surface area contributed by atoms with Crippen molar-refractivity contribution in [1.82, 2.24) is 10.3 Å². The van der Waals surface area contributed by atoms with E-state index >= 15 is 0 Å². The number of hydrogen-bond donors (Lipinski definition) is 1. The van der Waals surface area contributed by atoms with Crippen molar-refractivity contribution in [2.45, 2.75) is 33.7 Å². The van der Waals surface area contributed by atoms with Crippen LogP contribution in [-0.4, -0.2) is 11.5 Å². The zero-order valence-corrected chi connectivity index (χ0v) is 12.7. The molecule has 0 saturated heterocycles. The van der Waals surface area contributed by atoms with Gasteiger partial charge in [0.2, 0.25) is 5.88 Å². The first-order valence-corrected chi connectivity index (χ1v) is 7.27. The molecule has 0 fully saturated rings. The maximum absolute atomic E-state index is 13.6. The summed E-state index contributed by atoms with van der Waals surface area (Å²) in [6, 6.07) is 8.79. The van der Waals surface area contributed by atoms with Crippen LogP contribution in [0, 0.1) is 12.7 Å². The number of aromatic nitrogens is 1. The molecular formula is C17H21FN2O. The molecule has 0 atom stereocenters. The van der Waals surface area contributed by atoms with Crippen LogP contribution in [0.25, 0.3) is 0 Å². The summed E-state index contributed by atoms with van der Waals surface area (Å²) in [4.78, 5) is 4.43. The van der Waals surface area contributed by atoms with Crippen molar-refractivity contribution < 1.29 is 9.13 Å². The van der Waals surface area contributed by atoms with Crippen LogP contribution >= 0.6 is 0 Å². The predicted molar refractivity (Wildman–Crippen MR) is 82.2 cm³/mol. The Kier molecular flexibility index (Phi) is 5.28. The van der Waals surface area contributed by atoms with Crippen LogP contribution in [0.2, 0.25) is 0 Å². The first-order chi connectivity index (χ1) is 10.1. The molecule has 1 aromatic carbocycles. The molecule has 0 aliphatic heterocycles.